The number of amides is 2. The molecule has 0 radical (unpaired) electrons. The van der Waals surface area contributed by atoms with E-state index in [4.69, 9.17) is 4.74 Å². The van der Waals surface area contributed by atoms with Crippen LogP contribution in [0.5, 0.6) is 0 Å². The molecule has 0 bridgehead atoms. The van der Waals surface area contributed by atoms with Gasteiger partial charge in [-0.05, 0) is 37.1 Å². The second-order valence-electron chi connectivity index (χ2n) is 10.5. The average molecular weight is 615 g/mol. The third-order valence-corrected chi connectivity index (χ3v) is 11.0. The minimum absolute atomic E-state index is 0.113. The van der Waals surface area contributed by atoms with Gasteiger partial charge in [0.2, 0.25) is 11.8 Å². The van der Waals surface area contributed by atoms with Crippen molar-refractivity contribution < 1.29 is 42.5 Å². The normalized spacial score (nSPS) is 29.2. The predicted octanol–water partition coefficient (Wildman–Crippen LogP) is -0.162. The number of β-lactam (4-membered cyclic amide) rings is 2. The maximum Gasteiger partial charge on any atom is 0.352 e. The molecule has 2 amide bonds. The van der Waals surface area contributed by atoms with Gasteiger partial charge < -0.3 is 25.6 Å². The van der Waals surface area contributed by atoms with Crippen molar-refractivity contribution in [2.24, 2.45) is 0 Å². The number of unbranched alkanes of at least 4 members (excludes halogenated alkanes) is 4. The van der Waals surface area contributed by atoms with Crippen LogP contribution in [0.4, 0.5) is 0 Å². The number of aliphatic carboxylic acids is 2. The Morgan fingerprint density at radius 1 is 0.780 bits per heavy atom. The molecule has 2 saturated heterocycles. The van der Waals surface area contributed by atoms with E-state index in [1.165, 1.54) is 0 Å². The van der Waals surface area contributed by atoms with Gasteiger partial charge in [0.05, 0.1) is 46.3 Å². The Bertz CT molecular complexity index is 1110. The Hall–Kier alpha value is -2.46. The Kier molecular flexibility index (Phi) is 10.5. The molecule has 4 rings (SSSR count). The largest absolute Gasteiger partial charge is 0.477 e. The summed E-state index contributed by atoms with van der Waals surface area (Å²) in [6, 6.07) is -1.42. The number of nitrogens with one attached hydrogen (secondary N) is 2. The molecular weight excluding hydrogens is 576 g/mol. The summed E-state index contributed by atoms with van der Waals surface area (Å²) < 4.78 is 31.7. The van der Waals surface area contributed by atoms with Crippen LogP contribution in [-0.4, -0.2) is 113 Å². The van der Waals surface area contributed by atoms with Crippen LogP contribution >= 0.6 is 0 Å². The Labute approximate surface area is 243 Å². The zero-order valence-corrected chi connectivity index (χ0v) is 24.9. The van der Waals surface area contributed by atoms with Gasteiger partial charge in [-0.2, -0.15) is 0 Å². The fourth-order valence-corrected chi connectivity index (χ4v) is 8.99. The van der Waals surface area contributed by atoms with E-state index in [1.807, 2.05) is 0 Å². The van der Waals surface area contributed by atoms with Crippen molar-refractivity contribution in [1.82, 2.24) is 20.4 Å². The molecule has 41 heavy (non-hydrogen) atoms. The van der Waals surface area contributed by atoms with E-state index in [1.54, 1.807) is 0 Å². The zero-order valence-electron chi connectivity index (χ0n) is 23.3. The first kappa shape index (κ1) is 31.5. The van der Waals surface area contributed by atoms with Gasteiger partial charge in [0.1, 0.15) is 34.2 Å². The van der Waals surface area contributed by atoms with Gasteiger partial charge in [0.25, 0.3) is 0 Å². The van der Waals surface area contributed by atoms with E-state index in [2.05, 4.69) is 24.5 Å². The van der Waals surface area contributed by atoms with Gasteiger partial charge in [0.15, 0.2) is 0 Å². The summed E-state index contributed by atoms with van der Waals surface area (Å²) in [5, 5.41) is 24.4. The highest BCUT2D eigenvalue weighted by Crippen LogP contribution is 2.37. The number of rotatable bonds is 16. The number of carbonyl (C=O) groups is 4. The number of carboxylic acids is 2. The fourth-order valence-electron chi connectivity index (χ4n) is 5.60. The first-order valence-corrected chi connectivity index (χ1v) is 16.8. The topological polar surface area (TPSA) is 183 Å². The van der Waals surface area contributed by atoms with E-state index in [-0.39, 0.29) is 47.3 Å². The lowest BCUT2D eigenvalue weighted by Gasteiger charge is -2.49. The van der Waals surface area contributed by atoms with Crippen molar-refractivity contribution in [1.29, 1.82) is 0 Å². The number of carbonyl (C=O) groups excluding carboxylic acids is 2. The van der Waals surface area contributed by atoms with Crippen molar-refractivity contribution in [3.8, 4) is 0 Å². The Balaban J connectivity index is 1.44. The molecule has 4 unspecified atom stereocenters. The van der Waals surface area contributed by atoms with Crippen LogP contribution in [0.2, 0.25) is 0 Å². The van der Waals surface area contributed by atoms with Crippen LogP contribution in [0, 0.1) is 0 Å². The summed E-state index contributed by atoms with van der Waals surface area (Å²) in [6.45, 7) is 4.59. The molecule has 4 aliphatic heterocycles. The fraction of sp³-hybridized carbons (Fsp3) is 0.692. The number of fused-ring (bicyclic) bond motifs is 2. The molecule has 13 nitrogen and oxygen atoms in total. The summed E-state index contributed by atoms with van der Waals surface area (Å²) in [5.74, 6) is -3.85. The van der Waals surface area contributed by atoms with Crippen LogP contribution < -0.4 is 10.6 Å². The van der Waals surface area contributed by atoms with Crippen LogP contribution in [-0.2, 0) is 45.5 Å². The van der Waals surface area contributed by atoms with E-state index in [9.17, 15) is 37.8 Å². The van der Waals surface area contributed by atoms with Crippen molar-refractivity contribution in [3.05, 3.63) is 22.5 Å². The standard InChI is InChI=1S/C26H38N4O9S2/c1-3-5-7-9-27-17-21(31)29-19(25(33)34)15(13-40(37)23(17)29)11-39-12-16-14-41(38)24-18(28-10-8-6-4-2)22(32)30(24)20(16)26(35)36/h17-18,23-24,27-28H,3-14H2,1-2H3,(H,33,34)(H,35,36)/t17?,18?,23-,24-,40?,41?/m0/s1. The van der Waals surface area contributed by atoms with Crippen molar-refractivity contribution in [2.75, 3.05) is 37.8 Å². The van der Waals surface area contributed by atoms with Gasteiger partial charge in [-0.1, -0.05) is 39.5 Å². The van der Waals surface area contributed by atoms with Gasteiger partial charge in [-0.15, -0.1) is 0 Å². The van der Waals surface area contributed by atoms with Gasteiger partial charge in [-0.25, -0.2) is 9.59 Å². The lowest BCUT2D eigenvalue weighted by Crippen LogP contribution is -2.73. The molecule has 0 aliphatic carbocycles. The van der Waals surface area contributed by atoms with Gasteiger partial charge >= 0.3 is 11.9 Å². The molecule has 4 aliphatic rings. The van der Waals surface area contributed by atoms with Crippen molar-refractivity contribution in [2.45, 2.75) is 75.2 Å². The highest BCUT2D eigenvalue weighted by molar-refractivity contribution is 7.86. The van der Waals surface area contributed by atoms with Crippen LogP contribution in [0.1, 0.15) is 52.4 Å². The van der Waals surface area contributed by atoms with Crippen LogP contribution in [0.15, 0.2) is 22.5 Å². The van der Waals surface area contributed by atoms with Crippen LogP contribution in [0.3, 0.4) is 0 Å². The van der Waals surface area contributed by atoms with E-state index >= 15 is 0 Å². The monoisotopic (exact) mass is 614 g/mol. The molecule has 4 N–H and O–H groups in total. The molecule has 0 aromatic rings. The summed E-state index contributed by atoms with van der Waals surface area (Å²) in [6.07, 6.45) is 5.65. The molecule has 228 valence electrons. The van der Waals surface area contributed by atoms with Crippen molar-refractivity contribution in [3.63, 3.8) is 0 Å². The molecule has 6 atom stereocenters. The SMILES string of the molecule is CCCCCNC1C(=O)N2C(C(=O)O)=C(COCC3=C(C(=O)O)N4C(=O)C(NCCCCC)[C@@H]4S(=O)C3)CS(=O)[C@@H]12. The molecule has 15 heteroatoms. The number of ether oxygens (including phenoxy) is 1. The Morgan fingerprint density at radius 3 is 1.51 bits per heavy atom. The van der Waals surface area contributed by atoms with Gasteiger partial charge in [0, 0.05) is 0 Å². The molecule has 2 fully saturated rings. The maximum absolute atomic E-state index is 13.0. The van der Waals surface area contributed by atoms with E-state index in [0.717, 1.165) is 48.3 Å². The second kappa shape index (κ2) is 13.7. The Morgan fingerprint density at radius 2 is 1.17 bits per heavy atom. The number of carboxylic acid groups (broad SMARTS) is 2. The molecule has 4 heterocycles. The maximum atomic E-state index is 13.0. The lowest BCUT2D eigenvalue weighted by molar-refractivity contribution is -0.149. The first-order valence-electron chi connectivity index (χ1n) is 14.0. The van der Waals surface area contributed by atoms with E-state index in [0.29, 0.717) is 13.1 Å². The summed E-state index contributed by atoms with van der Waals surface area (Å²) in [7, 11) is -3.14. The van der Waals surface area contributed by atoms with Crippen LogP contribution in [0.25, 0.3) is 0 Å². The minimum Gasteiger partial charge on any atom is -0.477 e. The number of hydrogen-bond donors (Lipinski definition) is 4. The molecule has 0 aromatic carbocycles. The molecule has 0 spiro atoms. The first-order chi connectivity index (χ1) is 19.6. The zero-order chi connectivity index (χ0) is 29.8. The third kappa shape index (κ3) is 6.19. The summed E-state index contributed by atoms with van der Waals surface area (Å²) >= 11 is 0. The third-order valence-electron chi connectivity index (χ3n) is 7.66. The second-order valence-corrected chi connectivity index (χ2v) is 13.6. The predicted molar refractivity (Wildman–Crippen MR) is 150 cm³/mol. The molecular formula is C26H38N4O9S2. The average Bonchev–Trinajstić information content (AvgIpc) is 2.92. The number of nitrogens with zero attached hydrogens (tertiary/aromatic N) is 2. The summed E-state index contributed by atoms with van der Waals surface area (Å²) in [5.41, 5.74) is -0.260. The quantitative estimate of drug-likeness (QED) is 0.134. The highest BCUT2D eigenvalue weighted by Gasteiger charge is 2.57. The summed E-state index contributed by atoms with van der Waals surface area (Å²) in [4.78, 5) is 52.0. The molecule has 0 aromatic heterocycles. The minimum atomic E-state index is -1.57. The highest BCUT2D eigenvalue weighted by atomic mass is 32.2. The van der Waals surface area contributed by atoms with Crippen molar-refractivity contribution >= 4 is 45.4 Å². The molecule has 0 saturated carbocycles. The van der Waals surface area contributed by atoms with Gasteiger partial charge in [-0.3, -0.25) is 27.8 Å². The van der Waals surface area contributed by atoms with E-state index < -0.39 is 68.2 Å². The smallest absolute Gasteiger partial charge is 0.352 e. The number of hydrogen-bond acceptors (Lipinski definition) is 9. The lowest BCUT2D eigenvalue weighted by atomic mass is 10.0.